The summed E-state index contributed by atoms with van der Waals surface area (Å²) in [4.78, 5) is 2.24. The third kappa shape index (κ3) is 1.63. The van der Waals surface area contributed by atoms with Gasteiger partial charge in [0.1, 0.15) is 12.4 Å². The van der Waals surface area contributed by atoms with Crippen LogP contribution in [0.25, 0.3) is 10.4 Å². The molecular weight excluding hydrogens is 194 g/mol. The van der Waals surface area contributed by atoms with Crippen molar-refractivity contribution in [2.75, 3.05) is 0 Å². The van der Waals surface area contributed by atoms with Crippen LogP contribution in [0.5, 0.6) is 0 Å². The van der Waals surface area contributed by atoms with Crippen molar-refractivity contribution in [2.24, 2.45) is 11.6 Å². The lowest BCUT2D eigenvalue weighted by Gasteiger charge is -1.92. The van der Waals surface area contributed by atoms with E-state index in [1.54, 1.807) is 24.7 Å². The van der Waals surface area contributed by atoms with Gasteiger partial charge in [-0.2, -0.15) is 8.42 Å². The lowest BCUT2D eigenvalue weighted by atomic mass is 10.7. The van der Waals surface area contributed by atoms with Gasteiger partial charge in [-0.1, -0.05) is 0 Å². The van der Waals surface area contributed by atoms with E-state index < -0.39 is 10.2 Å². The second-order valence-electron chi connectivity index (χ2n) is 2.40. The molecule has 8 heteroatoms. The quantitative estimate of drug-likeness (QED) is 0.293. The highest BCUT2D eigenvalue weighted by molar-refractivity contribution is 7.88. The molecule has 1 rings (SSSR count). The molecule has 0 bridgehead atoms. The summed E-state index contributed by atoms with van der Waals surface area (Å²) in [7, 11) is -2.22. The van der Waals surface area contributed by atoms with Gasteiger partial charge < -0.3 is 0 Å². The van der Waals surface area contributed by atoms with Crippen LogP contribution in [0.3, 0.4) is 0 Å². The Kier molecular flexibility index (Phi) is 2.26. The second-order valence-corrected chi connectivity index (χ2v) is 3.85. The Bertz CT molecular complexity index is 467. The largest absolute Gasteiger partial charge is 0.398 e. The van der Waals surface area contributed by atoms with Gasteiger partial charge in [0.2, 0.25) is 0 Å². The summed E-state index contributed by atoms with van der Waals surface area (Å²) in [5, 5.41) is 0. The minimum Gasteiger partial charge on any atom is -0.236 e. The van der Waals surface area contributed by atoms with E-state index >= 15 is 0 Å². The highest BCUT2D eigenvalue weighted by Gasteiger charge is 2.21. The molecule has 0 saturated heterocycles. The molecule has 0 aliphatic carbocycles. The number of aromatic nitrogens is 2. The predicted octanol–water partition coefficient (Wildman–Crippen LogP) is 0.0242. The first-order valence-corrected chi connectivity index (χ1v) is 4.74. The number of hydrogen-bond donors (Lipinski definition) is 0. The maximum Gasteiger partial charge on any atom is 0.398 e. The van der Waals surface area contributed by atoms with Gasteiger partial charge in [0, 0.05) is 11.8 Å². The second kappa shape index (κ2) is 3.08. The molecule has 0 radical (unpaired) electrons. The zero-order valence-electron chi connectivity index (χ0n) is 7.12. The van der Waals surface area contributed by atoms with Crippen LogP contribution in [-0.4, -0.2) is 12.4 Å². The lowest BCUT2D eigenvalue weighted by molar-refractivity contribution is -0.676. The summed E-state index contributed by atoms with van der Waals surface area (Å²) in [5.41, 5.74) is 8.02. The summed E-state index contributed by atoms with van der Waals surface area (Å²) in [6.07, 6.45) is 2.87. The van der Waals surface area contributed by atoms with Gasteiger partial charge in [-0.15, -0.1) is 3.97 Å². The summed E-state index contributed by atoms with van der Waals surface area (Å²) in [5.74, 6) is 0.465. The van der Waals surface area contributed by atoms with Crippen molar-refractivity contribution in [2.45, 2.75) is 6.92 Å². The number of hydrogen-bond acceptors (Lipinski definition) is 2. The summed E-state index contributed by atoms with van der Waals surface area (Å²) >= 11 is 0. The zero-order chi connectivity index (χ0) is 10.1. The Morgan fingerprint density at radius 3 is 2.69 bits per heavy atom. The van der Waals surface area contributed by atoms with Gasteiger partial charge in [0.25, 0.3) is 5.82 Å². The van der Waals surface area contributed by atoms with Gasteiger partial charge in [-0.25, -0.2) is 4.57 Å². The standard InChI is InChI=1S/C5H8N5O2S/c1-5-9(2)3-4-10(5)13(11,12)8-7-6/h3-4H,1-2H3/q+1. The van der Waals surface area contributed by atoms with Crippen LogP contribution in [0, 0.1) is 6.92 Å². The minimum atomic E-state index is -3.92. The maximum absolute atomic E-state index is 11.2. The van der Waals surface area contributed by atoms with E-state index in [0.29, 0.717) is 5.82 Å². The fourth-order valence-electron chi connectivity index (χ4n) is 0.861. The molecule has 1 heterocycles. The monoisotopic (exact) mass is 202 g/mol. The van der Waals surface area contributed by atoms with Crippen molar-refractivity contribution in [3.63, 3.8) is 0 Å². The molecule has 1 aromatic rings. The van der Waals surface area contributed by atoms with Crippen LogP contribution in [0.2, 0.25) is 0 Å². The van der Waals surface area contributed by atoms with Crippen molar-refractivity contribution in [3.05, 3.63) is 28.7 Å². The molecule has 0 aliphatic heterocycles. The van der Waals surface area contributed by atoms with Crippen molar-refractivity contribution in [1.82, 2.24) is 3.97 Å². The first-order chi connectivity index (χ1) is 5.99. The average Bonchev–Trinajstić information content (AvgIpc) is 2.33. The van der Waals surface area contributed by atoms with Crippen molar-refractivity contribution in [1.29, 1.82) is 0 Å². The zero-order valence-corrected chi connectivity index (χ0v) is 7.93. The van der Waals surface area contributed by atoms with Crippen LogP contribution in [0.4, 0.5) is 0 Å². The van der Waals surface area contributed by atoms with E-state index in [-0.39, 0.29) is 0 Å². The number of nitrogens with zero attached hydrogens (tertiary/aromatic N) is 5. The van der Waals surface area contributed by atoms with Gasteiger partial charge in [0.05, 0.1) is 11.6 Å². The van der Waals surface area contributed by atoms with E-state index in [4.69, 9.17) is 5.53 Å². The van der Waals surface area contributed by atoms with Gasteiger partial charge >= 0.3 is 10.2 Å². The average molecular weight is 202 g/mol. The fraction of sp³-hybridized carbons (Fsp3) is 0.400. The van der Waals surface area contributed by atoms with Gasteiger partial charge in [-0.3, -0.25) is 0 Å². The van der Waals surface area contributed by atoms with Crippen molar-refractivity contribution >= 4 is 10.2 Å². The van der Waals surface area contributed by atoms with Crippen LogP contribution in [-0.2, 0) is 17.3 Å². The molecule has 70 valence electrons. The molecule has 13 heavy (non-hydrogen) atoms. The molecule has 7 nitrogen and oxygen atoms in total. The highest BCUT2D eigenvalue weighted by Crippen LogP contribution is 2.01. The minimum absolute atomic E-state index is 0.465. The molecule has 0 amide bonds. The molecule has 0 fully saturated rings. The van der Waals surface area contributed by atoms with E-state index in [0.717, 1.165) is 3.97 Å². The highest BCUT2D eigenvalue weighted by atomic mass is 32.2. The Hall–Kier alpha value is -1.53. The van der Waals surface area contributed by atoms with E-state index in [1.807, 2.05) is 0 Å². The maximum atomic E-state index is 11.2. The molecule has 0 aromatic carbocycles. The fourth-order valence-corrected chi connectivity index (χ4v) is 1.70. The normalized spacial score (nSPS) is 10.9. The van der Waals surface area contributed by atoms with Gasteiger partial charge in [0.15, 0.2) is 0 Å². The molecular formula is C5H8N5O2S+. The number of azide groups is 1. The Morgan fingerprint density at radius 2 is 2.31 bits per heavy atom. The van der Waals surface area contributed by atoms with Crippen molar-refractivity contribution < 1.29 is 13.0 Å². The number of imidazole rings is 1. The summed E-state index contributed by atoms with van der Waals surface area (Å²) in [6.45, 7) is 1.60. The summed E-state index contributed by atoms with van der Waals surface area (Å²) < 4.78 is 27.6. The topological polar surface area (TPSA) is 91.7 Å². The van der Waals surface area contributed by atoms with E-state index in [9.17, 15) is 8.42 Å². The van der Waals surface area contributed by atoms with Crippen molar-refractivity contribution in [3.8, 4) is 0 Å². The first kappa shape index (κ1) is 9.56. The Balaban J connectivity index is 3.39. The SMILES string of the molecule is Cc1n(S(=O)(=O)N=[N+]=[N-])cc[n+]1C. The molecule has 0 unspecified atom stereocenters. The van der Waals surface area contributed by atoms with Gasteiger partial charge in [-0.05, 0) is 5.53 Å². The summed E-state index contributed by atoms with van der Waals surface area (Å²) in [6, 6.07) is 0. The third-order valence-corrected chi connectivity index (χ3v) is 2.81. The Morgan fingerprint density at radius 1 is 1.69 bits per heavy atom. The van der Waals surface area contributed by atoms with E-state index in [1.165, 1.54) is 6.20 Å². The molecule has 0 atom stereocenters. The molecule has 0 N–H and O–H groups in total. The number of aryl methyl sites for hydroxylation is 1. The smallest absolute Gasteiger partial charge is 0.236 e. The lowest BCUT2D eigenvalue weighted by Crippen LogP contribution is -2.30. The van der Waals surface area contributed by atoms with Crippen LogP contribution >= 0.6 is 0 Å². The molecule has 0 aliphatic rings. The Labute approximate surface area is 75.0 Å². The van der Waals surface area contributed by atoms with Crippen LogP contribution in [0.15, 0.2) is 16.9 Å². The van der Waals surface area contributed by atoms with Crippen LogP contribution in [0.1, 0.15) is 5.82 Å². The molecule has 0 saturated carbocycles. The third-order valence-electron chi connectivity index (χ3n) is 1.64. The predicted molar refractivity (Wildman–Crippen MR) is 43.8 cm³/mol. The molecule has 0 spiro atoms. The van der Waals surface area contributed by atoms with Crippen LogP contribution < -0.4 is 4.57 Å². The first-order valence-electron chi connectivity index (χ1n) is 3.34. The van der Waals surface area contributed by atoms with E-state index in [2.05, 4.69) is 9.43 Å². The molecule has 1 aromatic heterocycles. The number of rotatable bonds is 2.